The van der Waals surface area contributed by atoms with Gasteiger partial charge in [0, 0.05) is 12.2 Å². The highest BCUT2D eigenvalue weighted by molar-refractivity contribution is 6.33. The Labute approximate surface area is 107 Å². The topological polar surface area (TPSA) is 49.3 Å². The monoisotopic (exact) mass is 255 g/mol. The quantitative estimate of drug-likeness (QED) is 0.858. The van der Waals surface area contributed by atoms with Gasteiger partial charge in [0.25, 0.3) is 0 Å². The molecule has 17 heavy (non-hydrogen) atoms. The first kappa shape index (κ1) is 13.8. The Balaban J connectivity index is 2.67. The molecule has 94 valence electrons. The van der Waals surface area contributed by atoms with E-state index >= 15 is 0 Å². The largest absolute Gasteiger partial charge is 0.478 e. The van der Waals surface area contributed by atoms with E-state index < -0.39 is 5.97 Å². The number of aromatic carboxylic acids is 1. The van der Waals surface area contributed by atoms with Crippen LogP contribution in [0.4, 0.5) is 5.69 Å². The molecular formula is C13H18ClNO2. The van der Waals surface area contributed by atoms with Gasteiger partial charge < -0.3 is 10.4 Å². The Hall–Kier alpha value is -1.22. The number of hydrogen-bond acceptors (Lipinski definition) is 2. The van der Waals surface area contributed by atoms with Crippen LogP contribution >= 0.6 is 11.6 Å². The van der Waals surface area contributed by atoms with Crippen LogP contribution in [-0.2, 0) is 0 Å². The number of carboxylic acid groups (broad SMARTS) is 1. The molecule has 0 aliphatic rings. The summed E-state index contributed by atoms with van der Waals surface area (Å²) in [7, 11) is 0. The minimum absolute atomic E-state index is 0.132. The zero-order valence-electron chi connectivity index (χ0n) is 10.4. The summed E-state index contributed by atoms with van der Waals surface area (Å²) in [5.41, 5.74) is 1.18. The third-order valence-corrected chi connectivity index (χ3v) is 2.73. The average Bonchev–Trinajstić information content (AvgIpc) is 2.18. The van der Waals surface area contributed by atoms with Crippen LogP contribution in [0, 0.1) is 5.41 Å². The van der Waals surface area contributed by atoms with Crippen LogP contribution in [-0.4, -0.2) is 17.6 Å². The van der Waals surface area contributed by atoms with Crippen molar-refractivity contribution in [3.63, 3.8) is 0 Å². The molecule has 1 aromatic carbocycles. The summed E-state index contributed by atoms with van der Waals surface area (Å²) in [6.07, 6.45) is 1.01. The van der Waals surface area contributed by atoms with Crippen LogP contribution in [0.5, 0.6) is 0 Å². The highest BCUT2D eigenvalue weighted by Gasteiger charge is 2.11. The Morgan fingerprint density at radius 2 is 2.06 bits per heavy atom. The first-order valence-corrected chi connectivity index (χ1v) is 5.94. The van der Waals surface area contributed by atoms with Gasteiger partial charge in [-0.1, -0.05) is 32.4 Å². The molecule has 0 saturated carbocycles. The number of rotatable bonds is 4. The van der Waals surface area contributed by atoms with E-state index in [0.29, 0.717) is 0 Å². The van der Waals surface area contributed by atoms with Gasteiger partial charge in [0.15, 0.2) is 0 Å². The molecule has 0 aliphatic heterocycles. The maximum absolute atomic E-state index is 10.9. The standard InChI is InChI=1S/C13H18ClNO2/c1-13(2,3)6-7-15-9-4-5-11(14)10(8-9)12(16)17/h4-5,8,15H,6-7H2,1-3H3,(H,16,17). The van der Waals surface area contributed by atoms with E-state index in [0.717, 1.165) is 18.7 Å². The van der Waals surface area contributed by atoms with Crippen molar-refractivity contribution in [2.24, 2.45) is 5.41 Å². The van der Waals surface area contributed by atoms with Crippen molar-refractivity contribution in [1.82, 2.24) is 0 Å². The fraction of sp³-hybridized carbons (Fsp3) is 0.462. The number of benzene rings is 1. The van der Waals surface area contributed by atoms with Crippen LogP contribution in [0.2, 0.25) is 5.02 Å². The molecule has 4 heteroatoms. The predicted molar refractivity (Wildman–Crippen MR) is 71.0 cm³/mol. The number of hydrogen-bond donors (Lipinski definition) is 2. The van der Waals surface area contributed by atoms with Gasteiger partial charge in [0.1, 0.15) is 0 Å². The van der Waals surface area contributed by atoms with E-state index in [9.17, 15) is 4.79 Å². The Morgan fingerprint density at radius 1 is 1.41 bits per heavy atom. The number of halogens is 1. The van der Waals surface area contributed by atoms with Gasteiger partial charge in [-0.3, -0.25) is 0 Å². The second-order valence-corrected chi connectivity index (χ2v) is 5.64. The lowest BCUT2D eigenvalue weighted by Gasteiger charge is -2.18. The van der Waals surface area contributed by atoms with Gasteiger partial charge in [-0.15, -0.1) is 0 Å². The highest BCUT2D eigenvalue weighted by atomic mass is 35.5. The molecule has 2 N–H and O–H groups in total. The van der Waals surface area contributed by atoms with Gasteiger partial charge in [-0.05, 0) is 30.0 Å². The summed E-state index contributed by atoms with van der Waals surface area (Å²) in [6, 6.07) is 4.95. The molecule has 0 atom stereocenters. The van der Waals surface area contributed by atoms with E-state index in [-0.39, 0.29) is 16.0 Å². The maximum atomic E-state index is 10.9. The lowest BCUT2D eigenvalue weighted by atomic mass is 9.92. The van der Waals surface area contributed by atoms with Crippen molar-refractivity contribution >= 4 is 23.3 Å². The van der Waals surface area contributed by atoms with Crippen LogP contribution in [0.15, 0.2) is 18.2 Å². The fourth-order valence-electron chi connectivity index (χ4n) is 1.38. The molecule has 0 radical (unpaired) electrons. The Morgan fingerprint density at radius 3 is 2.59 bits per heavy atom. The first-order chi connectivity index (χ1) is 7.79. The zero-order valence-corrected chi connectivity index (χ0v) is 11.1. The molecule has 0 spiro atoms. The normalized spacial score (nSPS) is 11.3. The predicted octanol–water partition coefficient (Wildman–Crippen LogP) is 3.89. The van der Waals surface area contributed by atoms with Gasteiger partial charge in [0.05, 0.1) is 10.6 Å². The third kappa shape index (κ3) is 4.65. The minimum atomic E-state index is -1.01. The van der Waals surface area contributed by atoms with Gasteiger partial charge in [-0.25, -0.2) is 4.79 Å². The molecule has 0 aliphatic carbocycles. The smallest absolute Gasteiger partial charge is 0.337 e. The van der Waals surface area contributed by atoms with Gasteiger partial charge in [-0.2, -0.15) is 0 Å². The summed E-state index contributed by atoms with van der Waals surface area (Å²) in [6.45, 7) is 7.31. The van der Waals surface area contributed by atoms with Crippen molar-refractivity contribution < 1.29 is 9.90 Å². The zero-order chi connectivity index (χ0) is 13.1. The number of carboxylic acids is 1. The van der Waals surface area contributed by atoms with Gasteiger partial charge in [0.2, 0.25) is 0 Å². The summed E-state index contributed by atoms with van der Waals surface area (Å²) >= 11 is 5.79. The van der Waals surface area contributed by atoms with Crippen molar-refractivity contribution in [2.75, 3.05) is 11.9 Å². The molecule has 0 heterocycles. The molecule has 0 fully saturated rings. The minimum Gasteiger partial charge on any atom is -0.478 e. The van der Waals surface area contributed by atoms with Crippen molar-refractivity contribution in [3.05, 3.63) is 28.8 Å². The van der Waals surface area contributed by atoms with Crippen LogP contribution in [0.1, 0.15) is 37.6 Å². The lowest BCUT2D eigenvalue weighted by Crippen LogP contribution is -2.13. The summed E-state index contributed by atoms with van der Waals surface area (Å²) < 4.78 is 0. The second kappa shape index (κ2) is 5.41. The third-order valence-electron chi connectivity index (χ3n) is 2.40. The highest BCUT2D eigenvalue weighted by Crippen LogP contribution is 2.22. The van der Waals surface area contributed by atoms with E-state index in [1.54, 1.807) is 18.2 Å². The molecule has 0 saturated heterocycles. The number of anilines is 1. The van der Waals surface area contributed by atoms with Crippen LogP contribution in [0.25, 0.3) is 0 Å². The molecule has 0 aromatic heterocycles. The van der Waals surface area contributed by atoms with E-state index in [4.69, 9.17) is 16.7 Å². The number of carbonyl (C=O) groups is 1. The molecular weight excluding hydrogens is 238 g/mol. The van der Waals surface area contributed by atoms with E-state index in [1.165, 1.54) is 0 Å². The second-order valence-electron chi connectivity index (χ2n) is 5.24. The maximum Gasteiger partial charge on any atom is 0.337 e. The molecule has 0 unspecified atom stereocenters. The summed E-state index contributed by atoms with van der Waals surface area (Å²) in [5, 5.41) is 12.4. The average molecular weight is 256 g/mol. The number of nitrogens with one attached hydrogen (secondary N) is 1. The molecule has 0 amide bonds. The Kier molecular flexibility index (Phi) is 4.40. The van der Waals surface area contributed by atoms with Crippen molar-refractivity contribution in [3.8, 4) is 0 Å². The molecule has 1 aromatic rings. The molecule has 1 rings (SSSR count). The first-order valence-electron chi connectivity index (χ1n) is 5.56. The lowest BCUT2D eigenvalue weighted by molar-refractivity contribution is 0.0697. The van der Waals surface area contributed by atoms with Crippen LogP contribution in [0.3, 0.4) is 0 Å². The molecule has 0 bridgehead atoms. The summed E-state index contributed by atoms with van der Waals surface area (Å²) in [4.78, 5) is 10.9. The van der Waals surface area contributed by atoms with Gasteiger partial charge >= 0.3 is 5.97 Å². The fourth-order valence-corrected chi connectivity index (χ4v) is 1.58. The van der Waals surface area contributed by atoms with E-state index in [1.807, 2.05) is 0 Å². The molecule has 3 nitrogen and oxygen atoms in total. The Bertz CT molecular complexity index is 410. The van der Waals surface area contributed by atoms with Crippen molar-refractivity contribution in [1.29, 1.82) is 0 Å². The van der Waals surface area contributed by atoms with E-state index in [2.05, 4.69) is 26.1 Å². The summed E-state index contributed by atoms with van der Waals surface area (Å²) in [5.74, 6) is -1.01. The van der Waals surface area contributed by atoms with Crippen LogP contribution < -0.4 is 5.32 Å². The SMILES string of the molecule is CC(C)(C)CCNc1ccc(Cl)c(C(=O)O)c1. The van der Waals surface area contributed by atoms with Crippen molar-refractivity contribution in [2.45, 2.75) is 27.2 Å².